The summed E-state index contributed by atoms with van der Waals surface area (Å²) < 4.78 is 5.35. The van der Waals surface area contributed by atoms with Crippen LogP contribution in [0.5, 0.6) is 5.75 Å². The zero-order valence-corrected chi connectivity index (χ0v) is 24.5. The van der Waals surface area contributed by atoms with Crippen LogP contribution in [0.2, 0.25) is 0 Å². The number of fused-ring (bicyclic) bond motifs is 3. The SMILES string of the molecule is CN(C)[C@@H]1C(=O)C(C(N)=O)=C(O)[C@@]2(O)C(=O)C3=C(O)c4c(O)c(CCCC(C)(C)C)cc(-c5ccoc5)c4C[C@H]3C[C@@H]12. The molecule has 1 aromatic carbocycles. The van der Waals surface area contributed by atoms with Gasteiger partial charge in [0.25, 0.3) is 5.91 Å². The number of furan rings is 1. The fourth-order valence-electron chi connectivity index (χ4n) is 7.04. The second-order valence-corrected chi connectivity index (χ2v) is 13.2. The Morgan fingerprint density at radius 3 is 2.45 bits per heavy atom. The summed E-state index contributed by atoms with van der Waals surface area (Å²) >= 11 is 0. The summed E-state index contributed by atoms with van der Waals surface area (Å²) in [5, 5.41) is 46.1. The van der Waals surface area contributed by atoms with Crippen LogP contribution in [0.1, 0.15) is 56.7 Å². The van der Waals surface area contributed by atoms with Crippen LogP contribution in [0, 0.1) is 17.3 Å². The van der Waals surface area contributed by atoms with Gasteiger partial charge in [0, 0.05) is 17.1 Å². The predicted octanol–water partition coefficient (Wildman–Crippen LogP) is 3.59. The molecule has 0 saturated heterocycles. The van der Waals surface area contributed by atoms with Crippen LogP contribution < -0.4 is 5.73 Å². The Bertz CT molecular complexity index is 1540. The minimum atomic E-state index is -2.67. The highest BCUT2D eigenvalue weighted by Crippen LogP contribution is 2.54. The molecule has 6 N–H and O–H groups in total. The molecule has 0 bridgehead atoms. The van der Waals surface area contributed by atoms with Gasteiger partial charge < -0.3 is 30.6 Å². The summed E-state index contributed by atoms with van der Waals surface area (Å²) in [5.74, 6) is -6.59. The molecule has 1 heterocycles. The number of ketones is 2. The monoisotopic (exact) mass is 578 g/mol. The van der Waals surface area contributed by atoms with Crippen LogP contribution in [-0.4, -0.2) is 68.5 Å². The average Bonchev–Trinajstić information content (AvgIpc) is 3.41. The molecule has 0 aliphatic heterocycles. The number of primary amides is 1. The summed E-state index contributed by atoms with van der Waals surface area (Å²) in [5.41, 5.74) is 4.60. The molecular formula is C32H38N2O8. The van der Waals surface area contributed by atoms with E-state index in [4.69, 9.17) is 10.2 Å². The Morgan fingerprint density at radius 1 is 1.19 bits per heavy atom. The van der Waals surface area contributed by atoms with Gasteiger partial charge in [-0.15, -0.1) is 0 Å². The van der Waals surface area contributed by atoms with Crippen molar-refractivity contribution in [1.29, 1.82) is 0 Å². The van der Waals surface area contributed by atoms with Crippen molar-refractivity contribution in [2.75, 3.05) is 14.1 Å². The lowest BCUT2D eigenvalue weighted by Crippen LogP contribution is -2.65. The zero-order valence-electron chi connectivity index (χ0n) is 24.5. The van der Waals surface area contributed by atoms with Crippen molar-refractivity contribution in [3.8, 4) is 16.9 Å². The number of hydrogen-bond acceptors (Lipinski definition) is 9. The van der Waals surface area contributed by atoms with E-state index in [-0.39, 0.29) is 35.1 Å². The highest BCUT2D eigenvalue weighted by molar-refractivity contribution is 6.24. The minimum absolute atomic E-state index is 0.0324. The molecule has 1 fully saturated rings. The van der Waals surface area contributed by atoms with Crippen LogP contribution in [-0.2, 0) is 27.2 Å². The molecule has 1 amide bonds. The topological polar surface area (TPSA) is 175 Å². The molecule has 1 saturated carbocycles. The number of amides is 1. The molecule has 1 aromatic heterocycles. The van der Waals surface area contributed by atoms with E-state index in [2.05, 4.69) is 20.8 Å². The standard InChI is InChI=1S/C32H38N2O8/c1-31(2,3)9-6-7-15-11-18(16-8-10-42-14-16)19-12-17-13-20-24(34(4)5)27(37)23(30(33)40)29(39)32(20,41)28(38)21(17)26(36)22(19)25(15)35/h8,10-11,14,17,20,24,35-36,39,41H,6-7,9,12-13H2,1-5H3,(H2,33,40)/t17-,20-,24-,32-/m0/s1. The number of nitrogens with zero attached hydrogens (tertiary/aromatic N) is 1. The van der Waals surface area contributed by atoms with E-state index in [1.54, 1.807) is 26.4 Å². The Balaban J connectivity index is 1.71. The molecule has 4 atom stereocenters. The second-order valence-electron chi connectivity index (χ2n) is 13.2. The Kier molecular flexibility index (Phi) is 7.14. The zero-order chi connectivity index (χ0) is 30.9. The van der Waals surface area contributed by atoms with Crippen LogP contribution in [0.3, 0.4) is 0 Å². The number of carbonyl (C=O) groups is 3. The van der Waals surface area contributed by atoms with E-state index in [1.807, 2.05) is 6.07 Å². The number of aliphatic hydroxyl groups excluding tert-OH is 2. The van der Waals surface area contributed by atoms with Gasteiger partial charge in [-0.3, -0.25) is 19.3 Å². The van der Waals surface area contributed by atoms with Crippen LogP contribution >= 0.6 is 0 Å². The second kappa shape index (κ2) is 10.1. The van der Waals surface area contributed by atoms with Crippen LogP contribution in [0.25, 0.3) is 16.9 Å². The molecule has 5 rings (SSSR count). The van der Waals surface area contributed by atoms with E-state index in [1.165, 1.54) is 11.2 Å². The van der Waals surface area contributed by atoms with Crippen molar-refractivity contribution in [1.82, 2.24) is 4.90 Å². The fraction of sp³-hybridized carbons (Fsp3) is 0.469. The van der Waals surface area contributed by atoms with Gasteiger partial charge in [0.2, 0.25) is 5.78 Å². The fourth-order valence-corrected chi connectivity index (χ4v) is 7.04. The van der Waals surface area contributed by atoms with E-state index >= 15 is 0 Å². The molecule has 42 heavy (non-hydrogen) atoms. The van der Waals surface area contributed by atoms with Crippen molar-refractivity contribution in [2.24, 2.45) is 23.0 Å². The Labute approximate surface area is 244 Å². The number of nitrogens with two attached hydrogens (primary N) is 1. The number of benzene rings is 1. The van der Waals surface area contributed by atoms with E-state index in [0.717, 1.165) is 24.0 Å². The maximum atomic E-state index is 14.1. The third kappa shape index (κ3) is 4.44. The largest absolute Gasteiger partial charge is 0.508 e. The summed E-state index contributed by atoms with van der Waals surface area (Å²) in [4.78, 5) is 41.1. The van der Waals surface area contributed by atoms with Gasteiger partial charge in [0.05, 0.1) is 24.1 Å². The van der Waals surface area contributed by atoms with E-state index in [9.17, 15) is 34.8 Å². The minimum Gasteiger partial charge on any atom is -0.508 e. The summed E-state index contributed by atoms with van der Waals surface area (Å²) in [6.45, 7) is 6.40. The number of phenols is 1. The number of aromatic hydroxyl groups is 1. The van der Waals surface area contributed by atoms with Crippen molar-refractivity contribution in [3.63, 3.8) is 0 Å². The average molecular weight is 579 g/mol. The van der Waals surface area contributed by atoms with E-state index < -0.39 is 58.0 Å². The van der Waals surface area contributed by atoms with Crippen LogP contribution in [0.4, 0.5) is 0 Å². The number of hydrogen-bond donors (Lipinski definition) is 5. The van der Waals surface area contributed by atoms with E-state index in [0.29, 0.717) is 17.5 Å². The Hall–Kier alpha value is -3.89. The normalized spacial score (nSPS) is 25.9. The summed E-state index contributed by atoms with van der Waals surface area (Å²) in [7, 11) is 3.15. The predicted molar refractivity (Wildman–Crippen MR) is 154 cm³/mol. The number of rotatable bonds is 6. The molecule has 0 spiro atoms. The quantitative estimate of drug-likeness (QED) is 0.321. The number of carbonyl (C=O) groups excluding carboxylic acids is 3. The molecule has 10 nitrogen and oxygen atoms in total. The highest BCUT2D eigenvalue weighted by Gasteiger charge is 2.64. The summed E-state index contributed by atoms with van der Waals surface area (Å²) in [6.07, 6.45) is 5.54. The number of Topliss-reactive ketones (excluding diaryl/α,β-unsaturated/α-hetero) is 2. The van der Waals surface area contributed by atoms with Crippen molar-refractivity contribution >= 4 is 23.2 Å². The molecule has 0 unspecified atom stereocenters. The molecule has 224 valence electrons. The number of phenolic OH excluding ortho intramolecular Hbond substituents is 1. The van der Waals surface area contributed by atoms with Crippen molar-refractivity contribution in [2.45, 2.75) is 64.5 Å². The van der Waals surface area contributed by atoms with Gasteiger partial charge in [-0.05, 0) is 86.4 Å². The highest BCUT2D eigenvalue weighted by atomic mass is 16.3. The van der Waals surface area contributed by atoms with Crippen molar-refractivity contribution in [3.05, 3.63) is 58.3 Å². The smallest absolute Gasteiger partial charge is 0.255 e. The first-order valence-electron chi connectivity index (χ1n) is 14.1. The third-order valence-corrected chi connectivity index (χ3v) is 9.00. The maximum Gasteiger partial charge on any atom is 0.255 e. The first kappa shape index (κ1) is 29.6. The molecule has 2 aromatic rings. The molecule has 3 aliphatic carbocycles. The first-order chi connectivity index (χ1) is 19.6. The van der Waals surface area contributed by atoms with Crippen molar-refractivity contribution < 1.29 is 39.2 Å². The van der Waals surface area contributed by atoms with Gasteiger partial charge in [-0.25, -0.2) is 0 Å². The maximum absolute atomic E-state index is 14.1. The Morgan fingerprint density at radius 2 is 1.88 bits per heavy atom. The third-order valence-electron chi connectivity index (χ3n) is 9.00. The molecule has 10 heteroatoms. The lowest BCUT2D eigenvalue weighted by molar-refractivity contribution is -0.153. The van der Waals surface area contributed by atoms with Crippen LogP contribution in [0.15, 0.2) is 46.0 Å². The van der Waals surface area contributed by atoms with Gasteiger partial charge >= 0.3 is 0 Å². The number of likely N-dealkylation sites (N-methyl/N-ethyl adjacent to an activating group) is 1. The lowest BCUT2D eigenvalue weighted by Gasteiger charge is -2.50. The molecule has 0 radical (unpaired) electrons. The molecule has 3 aliphatic rings. The number of aliphatic hydroxyl groups is 3. The van der Waals surface area contributed by atoms with Gasteiger partial charge in [0.1, 0.15) is 22.8 Å². The number of aryl methyl sites for hydroxylation is 1. The lowest BCUT2D eigenvalue weighted by atomic mass is 9.57. The van der Waals surface area contributed by atoms with Gasteiger partial charge in [-0.1, -0.05) is 20.8 Å². The molecular weight excluding hydrogens is 540 g/mol. The summed E-state index contributed by atoms with van der Waals surface area (Å²) in [6, 6.07) is 2.54. The van der Waals surface area contributed by atoms with Gasteiger partial charge in [0.15, 0.2) is 11.4 Å². The van der Waals surface area contributed by atoms with Gasteiger partial charge in [-0.2, -0.15) is 0 Å². The first-order valence-corrected chi connectivity index (χ1v) is 14.1.